The molecule has 134 valence electrons. The molecule has 0 unspecified atom stereocenters. The highest BCUT2D eigenvalue weighted by atomic mass is 32.2. The molecule has 3 aromatic rings. The fraction of sp³-hybridized carbons (Fsp3) is 0.316. The van der Waals surface area contributed by atoms with Crippen LogP contribution in [0.4, 0.5) is 5.69 Å². The Labute approximate surface area is 159 Å². The van der Waals surface area contributed by atoms with Crippen LogP contribution < -0.4 is 10.5 Å². The van der Waals surface area contributed by atoms with E-state index in [2.05, 4.69) is 23.0 Å². The van der Waals surface area contributed by atoms with Crippen LogP contribution in [0.3, 0.4) is 0 Å². The van der Waals surface area contributed by atoms with Crippen LogP contribution in [-0.2, 0) is 11.2 Å². The topological polar surface area (TPSA) is 66.1 Å². The molecule has 2 aromatic heterocycles. The summed E-state index contributed by atoms with van der Waals surface area (Å²) in [7, 11) is 0. The molecule has 0 spiro atoms. The number of hydrogen-bond donors (Lipinski definition) is 1. The minimum atomic E-state index is -0.133. The quantitative estimate of drug-likeness (QED) is 0.552. The molecule has 0 saturated carbocycles. The zero-order chi connectivity index (χ0) is 18.4. The van der Waals surface area contributed by atoms with Crippen molar-refractivity contribution in [3.05, 3.63) is 50.6 Å². The molecule has 4 rings (SSSR count). The van der Waals surface area contributed by atoms with E-state index < -0.39 is 0 Å². The van der Waals surface area contributed by atoms with Gasteiger partial charge in [0.2, 0.25) is 5.91 Å². The van der Waals surface area contributed by atoms with E-state index in [0.29, 0.717) is 10.5 Å². The first kappa shape index (κ1) is 17.3. The molecule has 5 nitrogen and oxygen atoms in total. The second-order valence-electron chi connectivity index (χ2n) is 6.57. The van der Waals surface area contributed by atoms with Crippen LogP contribution in [0.15, 0.2) is 34.2 Å². The zero-order valence-corrected chi connectivity index (χ0v) is 16.5. The molecule has 1 N–H and O–H groups in total. The smallest absolute Gasteiger partial charge is 0.260 e. The number of para-hydroxylation sites is 1. The maximum atomic E-state index is 12.8. The van der Waals surface area contributed by atoms with E-state index in [1.54, 1.807) is 0 Å². The molecule has 1 aliphatic heterocycles. The number of anilines is 1. The molecular weight excluding hydrogens is 366 g/mol. The van der Waals surface area contributed by atoms with Crippen molar-refractivity contribution in [1.82, 2.24) is 9.97 Å². The third kappa shape index (κ3) is 2.85. The number of nitrogens with one attached hydrogen (secondary N) is 1. The fourth-order valence-electron chi connectivity index (χ4n) is 3.45. The summed E-state index contributed by atoms with van der Waals surface area (Å²) in [6, 6.07) is 8.17. The number of carbonyl (C=O) groups is 1. The number of amides is 1. The number of aryl methyl sites for hydroxylation is 2. The van der Waals surface area contributed by atoms with Crippen molar-refractivity contribution in [2.45, 2.75) is 38.4 Å². The number of nitrogens with zero attached hydrogens (tertiary/aromatic N) is 2. The van der Waals surface area contributed by atoms with Crippen molar-refractivity contribution >= 4 is 44.9 Å². The first-order valence-corrected chi connectivity index (χ1v) is 10.3. The summed E-state index contributed by atoms with van der Waals surface area (Å²) < 4.78 is 0. The van der Waals surface area contributed by atoms with Crippen LogP contribution in [0.5, 0.6) is 0 Å². The van der Waals surface area contributed by atoms with Gasteiger partial charge in [-0.2, -0.15) is 0 Å². The molecular formula is C19H19N3O2S2. The lowest BCUT2D eigenvalue weighted by molar-refractivity contribution is -0.116. The first-order chi connectivity index (χ1) is 12.5. The fourth-order valence-corrected chi connectivity index (χ4v) is 5.26. The maximum Gasteiger partial charge on any atom is 0.260 e. The van der Waals surface area contributed by atoms with E-state index >= 15 is 0 Å². The van der Waals surface area contributed by atoms with Gasteiger partial charge in [0.1, 0.15) is 4.83 Å². The van der Waals surface area contributed by atoms with Crippen LogP contribution in [0, 0.1) is 13.8 Å². The number of benzene rings is 1. The number of fused-ring (bicyclic) bond motifs is 2. The monoisotopic (exact) mass is 385 g/mol. The average molecular weight is 386 g/mol. The van der Waals surface area contributed by atoms with Gasteiger partial charge in [0, 0.05) is 16.6 Å². The lowest BCUT2D eigenvalue weighted by atomic mass is 10.1. The summed E-state index contributed by atoms with van der Waals surface area (Å²) in [4.78, 5) is 36.2. The Morgan fingerprint density at radius 3 is 2.96 bits per heavy atom. The van der Waals surface area contributed by atoms with Crippen molar-refractivity contribution in [2.75, 3.05) is 10.7 Å². The van der Waals surface area contributed by atoms with Gasteiger partial charge in [-0.05, 0) is 44.4 Å². The number of rotatable bonds is 3. The molecule has 0 radical (unpaired) electrons. The Kier molecular flexibility index (Phi) is 4.36. The lowest BCUT2D eigenvalue weighted by Crippen LogP contribution is -2.37. The summed E-state index contributed by atoms with van der Waals surface area (Å²) in [6.45, 7) is 5.99. The number of aromatic nitrogens is 2. The molecule has 3 heterocycles. The van der Waals surface area contributed by atoms with Gasteiger partial charge < -0.3 is 9.88 Å². The van der Waals surface area contributed by atoms with Crippen LogP contribution >= 0.6 is 23.1 Å². The largest absolute Gasteiger partial charge is 0.308 e. The summed E-state index contributed by atoms with van der Waals surface area (Å²) in [5.74, 6) is 0.282. The zero-order valence-electron chi connectivity index (χ0n) is 14.8. The number of thioether (sulfide) groups is 1. The minimum absolute atomic E-state index is 0.0359. The maximum absolute atomic E-state index is 12.8. The van der Waals surface area contributed by atoms with Gasteiger partial charge in [0.05, 0.1) is 11.1 Å². The molecule has 0 bridgehead atoms. The van der Waals surface area contributed by atoms with Gasteiger partial charge >= 0.3 is 0 Å². The highest BCUT2D eigenvalue weighted by molar-refractivity contribution is 7.99. The number of carbonyl (C=O) groups excluding carboxylic acids is 1. The summed E-state index contributed by atoms with van der Waals surface area (Å²) in [5.41, 5.74) is 3.04. The molecule has 0 saturated heterocycles. The highest BCUT2D eigenvalue weighted by Gasteiger charge is 2.30. The van der Waals surface area contributed by atoms with Gasteiger partial charge in [-0.25, -0.2) is 4.98 Å². The van der Waals surface area contributed by atoms with Gasteiger partial charge in [-0.1, -0.05) is 30.0 Å². The molecule has 1 atom stereocenters. The Morgan fingerprint density at radius 1 is 1.38 bits per heavy atom. The lowest BCUT2D eigenvalue weighted by Gasteiger charge is -2.22. The molecule has 7 heteroatoms. The van der Waals surface area contributed by atoms with Crippen LogP contribution in [0.25, 0.3) is 10.2 Å². The Balaban J connectivity index is 1.55. The van der Waals surface area contributed by atoms with E-state index in [4.69, 9.17) is 0 Å². The molecule has 0 fully saturated rings. The van der Waals surface area contributed by atoms with Crippen LogP contribution in [-0.4, -0.2) is 27.7 Å². The summed E-state index contributed by atoms with van der Waals surface area (Å²) >= 11 is 2.80. The normalized spacial score (nSPS) is 16.3. The summed E-state index contributed by atoms with van der Waals surface area (Å²) in [6.07, 6.45) is 0.876. The standard InChI is InChI=1S/C19H19N3O2S2/c1-10-8-13-6-4-5-7-14(13)22(10)15(23)9-25-19-20-17(24)16-11(2)12(3)26-18(16)21-19/h4-7,10H,8-9H2,1-3H3,(H,20,21,24)/t10-/m0/s1. The van der Waals surface area contributed by atoms with Crippen molar-refractivity contribution in [3.63, 3.8) is 0 Å². The third-order valence-corrected chi connectivity index (χ3v) is 6.78. The molecule has 1 aromatic carbocycles. The second kappa shape index (κ2) is 6.55. The van der Waals surface area contributed by atoms with Gasteiger partial charge in [0.15, 0.2) is 5.16 Å². The van der Waals surface area contributed by atoms with Crippen molar-refractivity contribution in [3.8, 4) is 0 Å². The molecule has 26 heavy (non-hydrogen) atoms. The SMILES string of the molecule is Cc1sc2nc(SCC(=O)N3c4ccccc4C[C@@H]3C)[nH]c(=O)c2c1C. The van der Waals surface area contributed by atoms with Crippen LogP contribution in [0.2, 0.25) is 0 Å². The van der Waals surface area contributed by atoms with E-state index in [1.165, 1.54) is 28.7 Å². The molecule has 0 aliphatic carbocycles. The Morgan fingerprint density at radius 2 is 2.15 bits per heavy atom. The molecule has 1 amide bonds. The third-order valence-electron chi connectivity index (χ3n) is 4.83. The van der Waals surface area contributed by atoms with Crippen molar-refractivity contribution in [2.24, 2.45) is 0 Å². The highest BCUT2D eigenvalue weighted by Crippen LogP contribution is 2.33. The summed E-state index contributed by atoms with van der Waals surface area (Å²) in [5, 5.41) is 1.16. The van der Waals surface area contributed by atoms with Crippen LogP contribution in [0.1, 0.15) is 22.9 Å². The van der Waals surface area contributed by atoms with E-state index in [0.717, 1.165) is 27.4 Å². The Bertz CT molecular complexity index is 1070. The number of hydrogen-bond acceptors (Lipinski definition) is 5. The average Bonchev–Trinajstić information content (AvgIpc) is 3.09. The van der Waals surface area contributed by atoms with E-state index in [9.17, 15) is 9.59 Å². The predicted octanol–water partition coefficient (Wildman–Crippen LogP) is 3.67. The predicted molar refractivity (Wildman–Crippen MR) is 108 cm³/mol. The minimum Gasteiger partial charge on any atom is -0.308 e. The Hall–Kier alpha value is -2.12. The first-order valence-electron chi connectivity index (χ1n) is 8.48. The van der Waals surface area contributed by atoms with Crippen molar-refractivity contribution in [1.29, 1.82) is 0 Å². The second-order valence-corrected chi connectivity index (χ2v) is 8.74. The van der Waals surface area contributed by atoms with Crippen molar-refractivity contribution < 1.29 is 4.79 Å². The van der Waals surface area contributed by atoms with E-state index in [1.807, 2.05) is 36.9 Å². The van der Waals surface area contributed by atoms with E-state index in [-0.39, 0.29) is 23.3 Å². The van der Waals surface area contributed by atoms with Gasteiger partial charge in [0.25, 0.3) is 5.56 Å². The number of thiophene rings is 1. The number of H-pyrrole nitrogens is 1. The number of aromatic amines is 1. The van der Waals surface area contributed by atoms with Gasteiger partial charge in [-0.3, -0.25) is 9.59 Å². The molecule has 1 aliphatic rings. The van der Waals surface area contributed by atoms with Gasteiger partial charge in [-0.15, -0.1) is 11.3 Å².